The molecule has 0 aromatic heterocycles. The van der Waals surface area contributed by atoms with Crippen molar-refractivity contribution in [2.75, 3.05) is 0 Å². The van der Waals surface area contributed by atoms with Crippen LogP contribution in [-0.2, 0) is 9.59 Å². The van der Waals surface area contributed by atoms with E-state index < -0.39 is 17.4 Å². The maximum Gasteiger partial charge on any atom is 0.310 e. The number of Topliss-reactive ketones (excluding diaryl/α,β-unsaturated/α-hetero) is 2. The lowest BCUT2D eigenvalue weighted by Crippen LogP contribution is -2.42. The lowest BCUT2D eigenvalue weighted by molar-refractivity contribution is -0.180. The molecule has 2 aliphatic carbocycles. The van der Waals surface area contributed by atoms with Crippen LogP contribution in [0.25, 0.3) is 0 Å². The van der Waals surface area contributed by atoms with E-state index in [4.69, 9.17) is 10.2 Å². The number of carbonyl (C=O) groups excluding carboxylic acids is 2. The molecule has 0 bridgehead atoms. The van der Waals surface area contributed by atoms with E-state index in [0.29, 0.717) is 0 Å². The molecule has 0 aromatic carbocycles. The molecule has 13 heavy (non-hydrogen) atoms. The normalized spacial score (nSPS) is 23.5. The van der Waals surface area contributed by atoms with Gasteiger partial charge in [-0.2, -0.15) is 0 Å². The molecule has 0 radical (unpaired) electrons. The fraction of sp³-hybridized carbons (Fsp3) is 0.111. The van der Waals surface area contributed by atoms with E-state index in [1.54, 1.807) is 0 Å². The van der Waals surface area contributed by atoms with Gasteiger partial charge in [-0.1, -0.05) is 0 Å². The van der Waals surface area contributed by atoms with Crippen LogP contribution >= 0.6 is 0 Å². The summed E-state index contributed by atoms with van der Waals surface area (Å²) in [7, 11) is 0. The molecule has 2 rings (SSSR count). The van der Waals surface area contributed by atoms with Crippen LogP contribution < -0.4 is 0 Å². The molecular weight excluding hydrogens is 172 g/mol. The van der Waals surface area contributed by atoms with Crippen LogP contribution in [0.5, 0.6) is 0 Å². The van der Waals surface area contributed by atoms with Gasteiger partial charge in [-0.05, 0) is 0 Å². The molecule has 0 atom stereocenters. The average Bonchev–Trinajstić information content (AvgIpc) is 2.30. The number of aliphatic hydroxyl groups is 2. The van der Waals surface area contributed by atoms with Crippen LogP contribution in [0.1, 0.15) is 0 Å². The summed E-state index contributed by atoms with van der Waals surface area (Å²) >= 11 is 0. The number of ketones is 2. The molecule has 0 saturated carbocycles. The molecule has 4 nitrogen and oxygen atoms in total. The standard InChI is InChI=1S/C9H5O4/c10-7-5-3-1-2-4-6(5)8(11)9(7,12)13/h1,3-4,12-13H/q+1. The summed E-state index contributed by atoms with van der Waals surface area (Å²) in [4.78, 5) is 22.4. The lowest BCUT2D eigenvalue weighted by atomic mass is 10.1. The van der Waals surface area contributed by atoms with Gasteiger partial charge in [0.2, 0.25) is 0 Å². The average molecular weight is 177 g/mol. The number of rotatable bonds is 0. The first kappa shape index (κ1) is 8.01. The van der Waals surface area contributed by atoms with Gasteiger partial charge in [0.25, 0.3) is 11.6 Å². The third kappa shape index (κ3) is 0.847. The topological polar surface area (TPSA) is 74.6 Å². The van der Waals surface area contributed by atoms with Crippen molar-refractivity contribution >= 4 is 11.6 Å². The first-order chi connectivity index (χ1) is 6.05. The number of carbonyl (C=O) groups is 2. The first-order valence-electron chi connectivity index (χ1n) is 3.59. The monoisotopic (exact) mass is 177 g/mol. The van der Waals surface area contributed by atoms with Gasteiger partial charge in [0.05, 0.1) is 6.08 Å². The SMILES string of the molecule is O=C1C2=C(C=C[C+]=C2)C(=O)C1(O)O. The Bertz CT molecular complexity index is 360. The zero-order chi connectivity index (χ0) is 9.64. The van der Waals surface area contributed by atoms with Crippen molar-refractivity contribution in [1.82, 2.24) is 0 Å². The zero-order valence-electron chi connectivity index (χ0n) is 6.44. The van der Waals surface area contributed by atoms with Crippen molar-refractivity contribution in [2.45, 2.75) is 5.79 Å². The summed E-state index contributed by atoms with van der Waals surface area (Å²) in [5, 5.41) is 18.2. The summed E-state index contributed by atoms with van der Waals surface area (Å²) in [5.74, 6) is -4.83. The molecule has 0 fully saturated rings. The van der Waals surface area contributed by atoms with E-state index in [0.717, 1.165) is 0 Å². The number of hydrogen-bond donors (Lipinski definition) is 2. The van der Waals surface area contributed by atoms with Crippen molar-refractivity contribution in [3.63, 3.8) is 0 Å². The maximum absolute atomic E-state index is 11.2. The summed E-state index contributed by atoms with van der Waals surface area (Å²) in [6.07, 6.45) is 6.63. The number of allylic oxidation sites excluding steroid dienone is 4. The van der Waals surface area contributed by atoms with Gasteiger partial charge in [0.15, 0.2) is 0 Å². The highest BCUT2D eigenvalue weighted by atomic mass is 16.5. The van der Waals surface area contributed by atoms with Crippen molar-refractivity contribution in [3.8, 4) is 0 Å². The number of hydrogen-bond acceptors (Lipinski definition) is 4. The minimum Gasteiger partial charge on any atom is -0.352 e. The van der Waals surface area contributed by atoms with Crippen LogP contribution in [0, 0.1) is 6.08 Å². The Kier molecular flexibility index (Phi) is 1.36. The first-order valence-corrected chi connectivity index (χ1v) is 3.59. The van der Waals surface area contributed by atoms with Crippen molar-refractivity contribution in [2.24, 2.45) is 0 Å². The Balaban J connectivity index is 2.62. The molecule has 4 heteroatoms. The highest BCUT2D eigenvalue weighted by Crippen LogP contribution is 2.29. The molecule has 0 aliphatic heterocycles. The molecule has 2 aliphatic rings. The van der Waals surface area contributed by atoms with E-state index in [-0.39, 0.29) is 11.1 Å². The predicted octanol–water partition coefficient (Wildman–Crippen LogP) is -0.955. The van der Waals surface area contributed by atoms with Crippen LogP contribution in [0.3, 0.4) is 0 Å². The minimum absolute atomic E-state index is 0.0116. The molecule has 0 saturated heterocycles. The Hall–Kier alpha value is -1.61. The third-order valence-corrected chi connectivity index (χ3v) is 1.99. The second-order valence-corrected chi connectivity index (χ2v) is 2.80. The van der Waals surface area contributed by atoms with Crippen LogP contribution in [0.15, 0.2) is 29.4 Å². The molecule has 0 amide bonds. The van der Waals surface area contributed by atoms with E-state index in [2.05, 4.69) is 6.08 Å². The van der Waals surface area contributed by atoms with Gasteiger partial charge in [0.1, 0.15) is 23.3 Å². The van der Waals surface area contributed by atoms with Gasteiger partial charge in [-0.15, -0.1) is 0 Å². The quantitative estimate of drug-likeness (QED) is 0.284. The zero-order valence-corrected chi connectivity index (χ0v) is 6.44. The Labute approximate surface area is 73.5 Å². The van der Waals surface area contributed by atoms with Crippen LogP contribution in [0.4, 0.5) is 0 Å². The summed E-state index contributed by atoms with van der Waals surface area (Å²) in [5.41, 5.74) is 0.0475. The molecule has 0 unspecified atom stereocenters. The maximum atomic E-state index is 11.2. The Morgan fingerprint density at radius 2 is 1.77 bits per heavy atom. The molecule has 0 spiro atoms. The molecular formula is C9H5O4+. The Morgan fingerprint density at radius 3 is 2.38 bits per heavy atom. The van der Waals surface area contributed by atoms with E-state index in [9.17, 15) is 9.59 Å². The largest absolute Gasteiger partial charge is 0.352 e. The van der Waals surface area contributed by atoms with E-state index in [1.807, 2.05) is 0 Å². The molecule has 2 N–H and O–H groups in total. The molecule has 64 valence electrons. The summed E-state index contributed by atoms with van der Waals surface area (Å²) in [6.45, 7) is 0. The smallest absolute Gasteiger partial charge is 0.310 e. The highest BCUT2D eigenvalue weighted by Gasteiger charge is 2.56. The van der Waals surface area contributed by atoms with Crippen LogP contribution in [-0.4, -0.2) is 27.6 Å². The fourth-order valence-electron chi connectivity index (χ4n) is 1.29. The minimum atomic E-state index is -2.88. The highest BCUT2D eigenvalue weighted by molar-refractivity contribution is 6.31. The summed E-state index contributed by atoms with van der Waals surface area (Å²) < 4.78 is 0. The second-order valence-electron chi connectivity index (χ2n) is 2.80. The van der Waals surface area contributed by atoms with Crippen molar-refractivity contribution in [3.05, 3.63) is 35.5 Å². The predicted molar refractivity (Wildman–Crippen MR) is 41.2 cm³/mol. The molecule has 0 aromatic rings. The van der Waals surface area contributed by atoms with Crippen molar-refractivity contribution in [1.29, 1.82) is 0 Å². The van der Waals surface area contributed by atoms with Gasteiger partial charge in [0, 0.05) is 6.08 Å². The summed E-state index contributed by atoms with van der Waals surface area (Å²) in [6, 6.07) is 0. The Morgan fingerprint density at radius 1 is 1.15 bits per heavy atom. The third-order valence-electron chi connectivity index (χ3n) is 1.99. The van der Waals surface area contributed by atoms with Gasteiger partial charge >= 0.3 is 5.79 Å². The van der Waals surface area contributed by atoms with Gasteiger partial charge in [-0.25, -0.2) is 0 Å². The second kappa shape index (κ2) is 2.20. The van der Waals surface area contributed by atoms with E-state index in [1.165, 1.54) is 18.2 Å². The van der Waals surface area contributed by atoms with Crippen LogP contribution in [0.2, 0.25) is 0 Å². The van der Waals surface area contributed by atoms with E-state index >= 15 is 0 Å². The van der Waals surface area contributed by atoms with Gasteiger partial charge < -0.3 is 10.2 Å². The van der Waals surface area contributed by atoms with Crippen molar-refractivity contribution < 1.29 is 19.8 Å². The lowest BCUT2D eigenvalue weighted by Gasteiger charge is -2.07. The molecule has 0 heterocycles. The van der Waals surface area contributed by atoms with Gasteiger partial charge in [-0.3, -0.25) is 9.59 Å². The fourth-order valence-corrected chi connectivity index (χ4v) is 1.29.